The largest absolute Gasteiger partial charge is 0.482 e. The molecule has 4 aromatic rings. The summed E-state index contributed by atoms with van der Waals surface area (Å²) in [5.74, 6) is 0.495. The molecule has 11 heteroatoms. The number of nitriles is 2. The lowest BCUT2D eigenvalue weighted by Crippen LogP contribution is -2.31. The summed E-state index contributed by atoms with van der Waals surface area (Å²) in [6, 6.07) is 6.92. The Morgan fingerprint density at radius 2 is 1.97 bits per heavy atom. The number of hydrogen-bond donors (Lipinski definition) is 1. The Bertz CT molecular complexity index is 1450. The number of nitrogen functional groups attached to an aromatic ring is 1. The Balaban J connectivity index is 1.51. The van der Waals surface area contributed by atoms with Crippen LogP contribution in [0.5, 0.6) is 5.75 Å². The van der Waals surface area contributed by atoms with Crippen LogP contribution < -0.4 is 10.5 Å². The molecule has 1 aliphatic rings. The summed E-state index contributed by atoms with van der Waals surface area (Å²) in [4.78, 5) is 5.83. The van der Waals surface area contributed by atoms with Crippen molar-refractivity contribution in [3.05, 3.63) is 60.1 Å². The zero-order chi connectivity index (χ0) is 24.5. The van der Waals surface area contributed by atoms with Crippen LogP contribution in [0.15, 0.2) is 43.0 Å². The van der Waals surface area contributed by atoms with Gasteiger partial charge in [0, 0.05) is 30.4 Å². The summed E-state index contributed by atoms with van der Waals surface area (Å²) in [5, 5.41) is 27.5. The van der Waals surface area contributed by atoms with Gasteiger partial charge in [-0.2, -0.15) is 20.7 Å². The number of fused-ring (bicyclic) bond motifs is 1. The molecule has 1 atom stereocenters. The molecular formula is C24H22FN9O. The van der Waals surface area contributed by atoms with Crippen LogP contribution in [0.3, 0.4) is 0 Å². The van der Waals surface area contributed by atoms with Crippen molar-refractivity contribution < 1.29 is 9.13 Å². The zero-order valence-corrected chi connectivity index (χ0v) is 19.0. The first-order valence-electron chi connectivity index (χ1n) is 11.2. The van der Waals surface area contributed by atoms with E-state index in [-0.39, 0.29) is 6.04 Å². The Kier molecular flexibility index (Phi) is 5.67. The second-order valence-corrected chi connectivity index (χ2v) is 8.42. The summed E-state index contributed by atoms with van der Waals surface area (Å²) >= 11 is 0. The summed E-state index contributed by atoms with van der Waals surface area (Å²) in [5.41, 5.74) is 9.37. The van der Waals surface area contributed by atoms with E-state index in [2.05, 4.69) is 27.4 Å². The molecule has 0 aliphatic carbocycles. The molecule has 5 rings (SSSR count). The molecule has 1 aliphatic heterocycles. The fourth-order valence-electron chi connectivity index (χ4n) is 4.38. The van der Waals surface area contributed by atoms with Gasteiger partial charge in [-0.3, -0.25) is 4.98 Å². The van der Waals surface area contributed by atoms with Crippen molar-refractivity contribution in [1.29, 1.82) is 10.5 Å². The normalized spacial score (nSPS) is 15.0. The van der Waals surface area contributed by atoms with Crippen molar-refractivity contribution in [1.82, 2.24) is 29.3 Å². The molecule has 176 valence electrons. The molecule has 0 radical (unpaired) electrons. The van der Waals surface area contributed by atoms with Gasteiger partial charge >= 0.3 is 0 Å². The minimum Gasteiger partial charge on any atom is -0.482 e. The first-order valence-corrected chi connectivity index (χ1v) is 11.2. The number of nitrogens with zero attached hydrogens (tertiary/aromatic N) is 8. The van der Waals surface area contributed by atoms with Gasteiger partial charge in [0.2, 0.25) is 0 Å². The van der Waals surface area contributed by atoms with Gasteiger partial charge in [-0.1, -0.05) is 0 Å². The highest BCUT2D eigenvalue weighted by Crippen LogP contribution is 2.36. The highest BCUT2D eigenvalue weighted by Gasteiger charge is 2.24. The molecule has 35 heavy (non-hydrogen) atoms. The SMILES string of the molecule is C[C@@H](Oc1cc(-c2cnn(C3CCN(C#N)CC3)c2N)cn2ncc(C#N)c12)c1ccc(F)cn1. The number of halogens is 1. The van der Waals surface area contributed by atoms with Crippen LogP contribution in [-0.4, -0.2) is 42.4 Å². The van der Waals surface area contributed by atoms with Crippen LogP contribution in [0.25, 0.3) is 16.6 Å². The fourth-order valence-corrected chi connectivity index (χ4v) is 4.38. The Morgan fingerprint density at radius 3 is 2.66 bits per heavy atom. The summed E-state index contributed by atoms with van der Waals surface area (Å²) in [6.07, 6.45) is 9.32. The number of rotatable bonds is 5. The first-order chi connectivity index (χ1) is 17.0. The van der Waals surface area contributed by atoms with E-state index in [0.717, 1.165) is 24.6 Å². The average molecular weight is 472 g/mol. The van der Waals surface area contributed by atoms with Gasteiger partial charge in [-0.25, -0.2) is 13.6 Å². The molecule has 0 unspecified atom stereocenters. The lowest BCUT2D eigenvalue weighted by molar-refractivity contribution is 0.224. The number of piperidine rings is 1. The van der Waals surface area contributed by atoms with Crippen molar-refractivity contribution >= 4 is 11.3 Å². The zero-order valence-electron chi connectivity index (χ0n) is 19.0. The predicted molar refractivity (Wildman–Crippen MR) is 124 cm³/mol. The van der Waals surface area contributed by atoms with Crippen LogP contribution in [0.1, 0.15) is 43.2 Å². The van der Waals surface area contributed by atoms with Crippen LogP contribution in [-0.2, 0) is 0 Å². The second-order valence-electron chi connectivity index (χ2n) is 8.42. The monoisotopic (exact) mass is 471 g/mol. The highest BCUT2D eigenvalue weighted by atomic mass is 19.1. The summed E-state index contributed by atoms with van der Waals surface area (Å²) < 4.78 is 22.9. The van der Waals surface area contributed by atoms with Gasteiger partial charge in [0.25, 0.3) is 0 Å². The number of hydrogen-bond acceptors (Lipinski definition) is 8. The maximum absolute atomic E-state index is 13.3. The highest BCUT2D eigenvalue weighted by molar-refractivity contribution is 5.79. The standard InChI is InChI=1S/C24H22FN9O/c1-15(21-3-2-18(25)11-29-21)35-22-8-16(13-33-23(22)17(9-26)10-30-33)20-12-31-34(24(20)28)19-4-6-32(14-27)7-5-19/h2-3,8,10-13,15,19H,4-7,28H2,1H3/t15-/m1/s1. The van der Waals surface area contributed by atoms with Crippen molar-refractivity contribution in [3.8, 4) is 29.1 Å². The van der Waals surface area contributed by atoms with E-state index in [4.69, 9.17) is 15.7 Å². The lowest BCUT2D eigenvalue weighted by Gasteiger charge is -2.28. The Morgan fingerprint density at radius 1 is 1.17 bits per heavy atom. The van der Waals surface area contributed by atoms with Gasteiger partial charge in [-0.15, -0.1) is 0 Å². The molecule has 4 aromatic heterocycles. The molecule has 1 fully saturated rings. The lowest BCUT2D eigenvalue weighted by atomic mass is 10.1. The number of nitrogens with two attached hydrogens (primary N) is 1. The van der Waals surface area contributed by atoms with Crippen LogP contribution in [0.4, 0.5) is 10.2 Å². The quantitative estimate of drug-likeness (QED) is 0.438. The third-order valence-electron chi connectivity index (χ3n) is 6.26. The summed E-state index contributed by atoms with van der Waals surface area (Å²) in [7, 11) is 0. The molecule has 0 saturated carbocycles. The van der Waals surface area contributed by atoms with Gasteiger partial charge in [-0.05, 0) is 38.0 Å². The van der Waals surface area contributed by atoms with Crippen molar-refractivity contribution in [2.24, 2.45) is 0 Å². The third-order valence-corrected chi connectivity index (χ3v) is 6.26. The van der Waals surface area contributed by atoms with E-state index in [0.29, 0.717) is 47.0 Å². The van der Waals surface area contributed by atoms with Gasteiger partial charge in [0.05, 0.1) is 30.3 Å². The Labute approximate surface area is 200 Å². The predicted octanol–water partition coefficient (Wildman–Crippen LogP) is 3.44. The van der Waals surface area contributed by atoms with Crippen molar-refractivity contribution in [3.63, 3.8) is 0 Å². The molecule has 5 heterocycles. The first kappa shape index (κ1) is 22.2. The van der Waals surface area contributed by atoms with E-state index >= 15 is 0 Å². The maximum Gasteiger partial charge on any atom is 0.179 e. The van der Waals surface area contributed by atoms with Crippen LogP contribution in [0.2, 0.25) is 0 Å². The van der Waals surface area contributed by atoms with Crippen molar-refractivity contribution in [2.75, 3.05) is 18.8 Å². The Hall–Kier alpha value is -4.64. The number of aromatic nitrogens is 5. The summed E-state index contributed by atoms with van der Waals surface area (Å²) in [6.45, 7) is 3.13. The third kappa shape index (κ3) is 4.08. The van der Waals surface area contributed by atoms with E-state index in [1.165, 1.54) is 12.3 Å². The number of ether oxygens (including phenoxy) is 1. The van der Waals surface area contributed by atoms with E-state index < -0.39 is 11.9 Å². The minimum absolute atomic E-state index is 0.104. The molecule has 2 N–H and O–H groups in total. The maximum atomic E-state index is 13.3. The van der Waals surface area contributed by atoms with Gasteiger partial charge in [0.1, 0.15) is 40.6 Å². The molecule has 0 spiro atoms. The van der Waals surface area contributed by atoms with Gasteiger partial charge in [0.15, 0.2) is 6.19 Å². The molecular weight excluding hydrogens is 449 g/mol. The van der Waals surface area contributed by atoms with E-state index in [1.807, 2.05) is 4.68 Å². The van der Waals surface area contributed by atoms with E-state index in [1.54, 1.807) is 40.9 Å². The average Bonchev–Trinajstić information content (AvgIpc) is 3.47. The molecule has 0 bridgehead atoms. The topological polar surface area (TPSA) is 134 Å². The van der Waals surface area contributed by atoms with Crippen LogP contribution >= 0.6 is 0 Å². The number of pyridine rings is 2. The van der Waals surface area contributed by atoms with E-state index in [9.17, 15) is 9.65 Å². The number of anilines is 1. The fraction of sp³-hybridized carbons (Fsp3) is 0.292. The minimum atomic E-state index is -0.513. The van der Waals surface area contributed by atoms with Crippen LogP contribution in [0, 0.1) is 28.6 Å². The molecule has 0 amide bonds. The molecule has 1 saturated heterocycles. The van der Waals surface area contributed by atoms with Crippen molar-refractivity contribution in [2.45, 2.75) is 31.9 Å². The second kappa shape index (κ2) is 8.95. The smallest absolute Gasteiger partial charge is 0.179 e. The molecule has 0 aromatic carbocycles. The number of likely N-dealkylation sites (tertiary alicyclic amines) is 1. The molecule has 10 nitrogen and oxygen atoms in total. The van der Waals surface area contributed by atoms with Gasteiger partial charge < -0.3 is 15.4 Å².